The van der Waals surface area contributed by atoms with Crippen molar-refractivity contribution in [2.45, 2.75) is 25.6 Å². The number of benzene rings is 3. The van der Waals surface area contributed by atoms with Gasteiger partial charge in [0.15, 0.2) is 0 Å². The Morgan fingerprint density at radius 2 is 1.83 bits per heavy atom. The second kappa shape index (κ2) is 7.86. The molecule has 0 aliphatic carbocycles. The molecular weight excluding hydrogens is 419 g/mol. The maximum atomic E-state index is 6.36. The van der Waals surface area contributed by atoms with Gasteiger partial charge >= 0.3 is 0 Å². The second-order valence-corrected chi connectivity index (χ2v) is 8.18. The van der Waals surface area contributed by atoms with Crippen molar-refractivity contribution in [1.82, 2.24) is 5.01 Å². The average molecular weight is 439 g/mol. The molecule has 3 aromatic rings. The molecule has 0 amide bonds. The third kappa shape index (κ3) is 3.51. The zero-order valence-corrected chi connectivity index (χ0v) is 17.9. The molecule has 0 N–H and O–H groups in total. The fraction of sp³-hybridized carbons (Fsp3) is 0.208. The molecule has 0 radical (unpaired) electrons. The molecule has 30 heavy (non-hydrogen) atoms. The van der Waals surface area contributed by atoms with Gasteiger partial charge in [-0.05, 0) is 67.1 Å². The van der Waals surface area contributed by atoms with Gasteiger partial charge in [-0.25, -0.2) is 5.01 Å². The first kappa shape index (κ1) is 19.3. The number of rotatable bonds is 4. The van der Waals surface area contributed by atoms with Gasteiger partial charge in [-0.1, -0.05) is 35.3 Å². The minimum absolute atomic E-state index is 0.0398. The molecular formula is C24H20Cl2N2O2. The predicted molar refractivity (Wildman–Crippen MR) is 120 cm³/mol. The molecule has 0 saturated heterocycles. The lowest BCUT2D eigenvalue weighted by Crippen LogP contribution is -2.33. The van der Waals surface area contributed by atoms with Gasteiger partial charge < -0.3 is 9.47 Å². The fourth-order valence-corrected chi connectivity index (χ4v) is 4.40. The molecule has 2 aliphatic rings. The summed E-state index contributed by atoms with van der Waals surface area (Å²) in [5.74, 6) is 1.68. The van der Waals surface area contributed by atoms with Crippen LogP contribution < -0.4 is 9.47 Å². The molecule has 0 fully saturated rings. The SMILES string of the molecule is CCOc1ccc(C2=NN3C(C2)c2cc(Cl)ccc2OC3c2cccc(Cl)c2)cc1. The minimum atomic E-state index is -0.359. The zero-order chi connectivity index (χ0) is 20.7. The highest BCUT2D eigenvalue weighted by atomic mass is 35.5. The molecule has 2 atom stereocenters. The Balaban J connectivity index is 1.55. The summed E-state index contributed by atoms with van der Waals surface area (Å²) in [5.41, 5.74) is 4.09. The van der Waals surface area contributed by atoms with Crippen LogP contribution in [0.15, 0.2) is 71.8 Å². The summed E-state index contributed by atoms with van der Waals surface area (Å²) in [6.07, 6.45) is 0.407. The van der Waals surface area contributed by atoms with E-state index in [1.54, 1.807) is 0 Å². The Hall–Kier alpha value is -2.69. The van der Waals surface area contributed by atoms with E-state index in [1.807, 2.05) is 66.5 Å². The van der Waals surface area contributed by atoms with E-state index in [0.29, 0.717) is 16.7 Å². The first-order valence-electron chi connectivity index (χ1n) is 9.93. The molecule has 2 unspecified atom stereocenters. The van der Waals surface area contributed by atoms with Crippen LogP contribution in [-0.2, 0) is 0 Å². The summed E-state index contributed by atoms with van der Waals surface area (Å²) >= 11 is 12.6. The van der Waals surface area contributed by atoms with Gasteiger partial charge in [-0.2, -0.15) is 5.10 Å². The number of nitrogens with zero attached hydrogens (tertiary/aromatic N) is 2. The van der Waals surface area contributed by atoms with Crippen molar-refractivity contribution in [3.63, 3.8) is 0 Å². The number of halogens is 2. The lowest BCUT2D eigenvalue weighted by atomic mass is 9.96. The minimum Gasteiger partial charge on any atom is -0.494 e. The molecule has 0 aromatic heterocycles. The maximum Gasteiger partial charge on any atom is 0.213 e. The number of hydrazone groups is 1. The number of ether oxygens (including phenoxy) is 2. The van der Waals surface area contributed by atoms with Crippen molar-refractivity contribution in [1.29, 1.82) is 0 Å². The van der Waals surface area contributed by atoms with Crippen molar-refractivity contribution in [3.8, 4) is 11.5 Å². The highest BCUT2D eigenvalue weighted by molar-refractivity contribution is 6.31. The molecule has 6 heteroatoms. The van der Waals surface area contributed by atoms with Crippen LogP contribution in [-0.4, -0.2) is 17.3 Å². The lowest BCUT2D eigenvalue weighted by Gasteiger charge is -2.38. The summed E-state index contributed by atoms with van der Waals surface area (Å²) in [6, 6.07) is 21.6. The van der Waals surface area contributed by atoms with Gasteiger partial charge in [0, 0.05) is 27.6 Å². The molecule has 2 aliphatic heterocycles. The Labute approximate surface area is 185 Å². The van der Waals surface area contributed by atoms with Crippen LogP contribution in [0.5, 0.6) is 11.5 Å². The van der Waals surface area contributed by atoms with Crippen LogP contribution in [0.3, 0.4) is 0 Å². The fourth-order valence-electron chi connectivity index (χ4n) is 4.02. The van der Waals surface area contributed by atoms with Crippen LogP contribution in [0, 0.1) is 0 Å². The van der Waals surface area contributed by atoms with E-state index in [1.165, 1.54) is 0 Å². The molecule has 0 saturated carbocycles. The Kier molecular flexibility index (Phi) is 5.05. The van der Waals surface area contributed by atoms with Crippen LogP contribution in [0.1, 0.15) is 42.3 Å². The lowest BCUT2D eigenvalue weighted by molar-refractivity contribution is -0.0190. The zero-order valence-electron chi connectivity index (χ0n) is 16.4. The van der Waals surface area contributed by atoms with E-state index in [9.17, 15) is 0 Å². The predicted octanol–water partition coefficient (Wildman–Crippen LogP) is 6.63. The second-order valence-electron chi connectivity index (χ2n) is 7.31. The van der Waals surface area contributed by atoms with Crippen molar-refractivity contribution >= 4 is 28.9 Å². The molecule has 3 aromatic carbocycles. The van der Waals surface area contributed by atoms with Crippen LogP contribution in [0.2, 0.25) is 10.0 Å². The van der Waals surface area contributed by atoms with E-state index < -0.39 is 0 Å². The smallest absolute Gasteiger partial charge is 0.213 e. The molecule has 4 nitrogen and oxygen atoms in total. The summed E-state index contributed by atoms with van der Waals surface area (Å²) in [7, 11) is 0. The number of hydrogen-bond acceptors (Lipinski definition) is 4. The van der Waals surface area contributed by atoms with Crippen molar-refractivity contribution < 1.29 is 9.47 Å². The molecule has 0 spiro atoms. The Morgan fingerprint density at radius 3 is 2.60 bits per heavy atom. The third-order valence-corrected chi connectivity index (χ3v) is 5.85. The van der Waals surface area contributed by atoms with Gasteiger partial charge in [0.2, 0.25) is 6.23 Å². The topological polar surface area (TPSA) is 34.1 Å². The first-order valence-corrected chi connectivity index (χ1v) is 10.7. The standard InChI is InChI=1S/C24H20Cl2N2O2/c1-2-29-19-9-6-15(7-10-19)21-14-22-20-13-18(26)8-11-23(20)30-24(28(22)27-21)16-4-3-5-17(25)12-16/h3-13,22,24H,2,14H2,1H3. The first-order chi connectivity index (χ1) is 14.6. The Morgan fingerprint density at radius 1 is 1.03 bits per heavy atom. The number of hydrogen-bond donors (Lipinski definition) is 0. The summed E-state index contributed by atoms with van der Waals surface area (Å²) < 4.78 is 11.9. The van der Waals surface area contributed by atoms with Crippen LogP contribution in [0.25, 0.3) is 0 Å². The van der Waals surface area contributed by atoms with Crippen molar-refractivity contribution in [3.05, 3.63) is 93.5 Å². The van der Waals surface area contributed by atoms with Crippen LogP contribution >= 0.6 is 23.2 Å². The molecule has 0 bridgehead atoms. The largest absolute Gasteiger partial charge is 0.494 e. The van der Waals surface area contributed by atoms with Crippen molar-refractivity contribution in [2.75, 3.05) is 6.61 Å². The Bertz CT molecular complexity index is 1110. The third-order valence-electron chi connectivity index (χ3n) is 5.38. The van der Waals surface area contributed by atoms with Gasteiger partial charge in [-0.3, -0.25) is 0 Å². The molecule has 152 valence electrons. The molecule has 5 rings (SSSR count). The van der Waals surface area contributed by atoms with E-state index in [4.69, 9.17) is 37.8 Å². The van der Waals surface area contributed by atoms with Gasteiger partial charge in [0.05, 0.1) is 18.4 Å². The quantitative estimate of drug-likeness (QED) is 0.457. The van der Waals surface area contributed by atoms with E-state index in [2.05, 4.69) is 12.1 Å². The van der Waals surface area contributed by atoms with Gasteiger partial charge in [0.25, 0.3) is 0 Å². The van der Waals surface area contributed by atoms with E-state index in [-0.39, 0.29) is 12.3 Å². The number of fused-ring (bicyclic) bond motifs is 3. The molecule has 2 heterocycles. The van der Waals surface area contributed by atoms with Gasteiger partial charge in [-0.15, -0.1) is 0 Å². The maximum absolute atomic E-state index is 6.36. The normalized spacial score (nSPS) is 19.6. The summed E-state index contributed by atoms with van der Waals surface area (Å²) in [4.78, 5) is 0. The summed E-state index contributed by atoms with van der Waals surface area (Å²) in [6.45, 7) is 2.62. The highest BCUT2D eigenvalue weighted by Gasteiger charge is 2.41. The van der Waals surface area contributed by atoms with E-state index >= 15 is 0 Å². The summed E-state index contributed by atoms with van der Waals surface area (Å²) in [5, 5.41) is 8.35. The highest BCUT2D eigenvalue weighted by Crippen LogP contribution is 2.48. The monoisotopic (exact) mass is 438 g/mol. The van der Waals surface area contributed by atoms with E-state index in [0.717, 1.165) is 40.3 Å². The van der Waals surface area contributed by atoms with Crippen molar-refractivity contribution in [2.24, 2.45) is 5.10 Å². The average Bonchev–Trinajstić information content (AvgIpc) is 3.20. The van der Waals surface area contributed by atoms with Gasteiger partial charge in [0.1, 0.15) is 11.5 Å². The van der Waals surface area contributed by atoms with Crippen LogP contribution in [0.4, 0.5) is 0 Å².